The van der Waals surface area contributed by atoms with Crippen LogP contribution in [0.2, 0.25) is 0 Å². The van der Waals surface area contributed by atoms with E-state index in [1.165, 1.54) is 12.1 Å². The van der Waals surface area contributed by atoms with Crippen LogP contribution in [-0.2, 0) is 26.2 Å². The van der Waals surface area contributed by atoms with Crippen molar-refractivity contribution in [3.8, 4) is 17.3 Å². The molecule has 4 aromatic heterocycles. The Labute approximate surface area is 313 Å². The molecule has 0 spiro atoms. The van der Waals surface area contributed by atoms with Gasteiger partial charge >= 0.3 is 0 Å². The van der Waals surface area contributed by atoms with Crippen molar-refractivity contribution in [1.82, 2.24) is 33.9 Å². The fraction of sp³-hybridized carbons (Fsp3) is 0.410. The van der Waals surface area contributed by atoms with Crippen LogP contribution in [0.15, 0.2) is 65.6 Å². The van der Waals surface area contributed by atoms with E-state index in [4.69, 9.17) is 20.4 Å². The standard InChI is InChI=1S/C39H44N8O6S/c1-22(41-34(48)15-16-35(49)44-54(51,52)28-7-5-4-6-8-28)30-13-11-25-17-32(45(38(25)42-30)21-24-9-10-24)37-23(2)46-33(43-37)18-26(19-36(46)53-3)39(50)47-27-12-14-31(47)29(40)20-27/h4-8,11,13,17-19,22,24,27,29,31H,9-10,12,14-16,20-21,40H2,1-3H3,(H,41,48)(H,44,49)/t22-,27+,29-,31-/m1/s1. The van der Waals surface area contributed by atoms with Gasteiger partial charge in [-0.3, -0.25) is 18.8 Å². The number of methoxy groups -OCH3 is 1. The van der Waals surface area contributed by atoms with Crippen LogP contribution in [0.25, 0.3) is 28.1 Å². The summed E-state index contributed by atoms with van der Waals surface area (Å²) in [6, 6.07) is 16.9. The van der Waals surface area contributed by atoms with Crippen molar-refractivity contribution in [3.05, 3.63) is 77.6 Å². The number of amides is 3. The first-order valence-electron chi connectivity index (χ1n) is 18.5. The molecule has 2 aliphatic heterocycles. The fourth-order valence-corrected chi connectivity index (χ4v) is 9.13. The minimum Gasteiger partial charge on any atom is -0.482 e. The van der Waals surface area contributed by atoms with Gasteiger partial charge in [-0.25, -0.2) is 23.1 Å². The minimum atomic E-state index is -4.02. The summed E-state index contributed by atoms with van der Waals surface area (Å²) < 4.78 is 37.0. The molecule has 282 valence electrons. The summed E-state index contributed by atoms with van der Waals surface area (Å²) in [7, 11) is -2.43. The second-order valence-corrected chi connectivity index (χ2v) is 16.5. The SMILES string of the molecule is COc1cc(C(=O)N2[C@H]3CC[C@@H]2[C@H](N)C3)cc2nc(-c3cc4ccc([C@@H](C)NC(=O)CCC(=O)NS(=O)(=O)c5ccccc5)nc4n3CC3CC3)c(C)n12. The van der Waals surface area contributed by atoms with Crippen LogP contribution in [0.4, 0.5) is 0 Å². The highest BCUT2D eigenvalue weighted by Crippen LogP contribution is 2.40. The predicted molar refractivity (Wildman–Crippen MR) is 201 cm³/mol. The van der Waals surface area contributed by atoms with Gasteiger partial charge in [-0.2, -0.15) is 0 Å². The number of sulfonamides is 1. The Hall–Kier alpha value is -5.28. The van der Waals surface area contributed by atoms with Crippen molar-refractivity contribution in [2.24, 2.45) is 11.7 Å². The lowest BCUT2D eigenvalue weighted by molar-refractivity contribution is -0.126. The number of nitrogens with two attached hydrogens (primary N) is 1. The van der Waals surface area contributed by atoms with Gasteiger partial charge in [-0.05, 0) is 88.3 Å². The molecule has 15 heteroatoms. The molecule has 2 saturated heterocycles. The van der Waals surface area contributed by atoms with E-state index in [0.29, 0.717) is 28.7 Å². The first kappa shape index (κ1) is 35.7. The summed E-state index contributed by atoms with van der Waals surface area (Å²) in [6.45, 7) is 4.56. The summed E-state index contributed by atoms with van der Waals surface area (Å²) in [5, 5.41) is 3.82. The van der Waals surface area contributed by atoms with E-state index < -0.39 is 27.9 Å². The van der Waals surface area contributed by atoms with Gasteiger partial charge in [0.15, 0.2) is 5.88 Å². The van der Waals surface area contributed by atoms with Crippen molar-refractivity contribution >= 4 is 44.4 Å². The molecule has 4 atom stereocenters. The van der Waals surface area contributed by atoms with Crippen molar-refractivity contribution in [1.29, 1.82) is 0 Å². The lowest BCUT2D eigenvalue weighted by Gasteiger charge is -2.23. The molecule has 14 nitrogen and oxygen atoms in total. The van der Waals surface area contributed by atoms with Crippen LogP contribution in [0, 0.1) is 12.8 Å². The number of hydrogen-bond acceptors (Lipinski definition) is 9. The predicted octanol–water partition coefficient (Wildman–Crippen LogP) is 4.24. The number of nitrogens with zero attached hydrogens (tertiary/aromatic N) is 5. The lowest BCUT2D eigenvalue weighted by Crippen LogP contribution is -2.40. The average molecular weight is 753 g/mol. The van der Waals surface area contributed by atoms with Gasteiger partial charge in [0.2, 0.25) is 11.8 Å². The maximum absolute atomic E-state index is 13.8. The van der Waals surface area contributed by atoms with Crippen molar-refractivity contribution in [2.75, 3.05) is 7.11 Å². The highest BCUT2D eigenvalue weighted by Gasteiger charge is 2.47. The molecule has 3 fully saturated rings. The number of ether oxygens (including phenoxy) is 1. The molecule has 3 aliphatic rings. The number of imidazole rings is 1. The number of rotatable bonds is 12. The molecule has 0 radical (unpaired) electrons. The number of carbonyl (C=O) groups excluding carboxylic acids is 3. The molecule has 2 bridgehead atoms. The van der Waals surface area contributed by atoms with Crippen LogP contribution in [0.5, 0.6) is 5.88 Å². The molecule has 1 aliphatic carbocycles. The Morgan fingerprint density at radius 2 is 1.74 bits per heavy atom. The second-order valence-electron chi connectivity index (χ2n) is 14.8. The van der Waals surface area contributed by atoms with E-state index in [-0.39, 0.29) is 41.8 Å². The van der Waals surface area contributed by atoms with Crippen LogP contribution < -0.4 is 20.5 Å². The number of fused-ring (bicyclic) bond motifs is 4. The number of nitrogens with one attached hydrogen (secondary N) is 2. The number of pyridine rings is 2. The van der Waals surface area contributed by atoms with Crippen molar-refractivity contribution in [3.63, 3.8) is 0 Å². The Balaban J connectivity index is 1.03. The summed E-state index contributed by atoms with van der Waals surface area (Å²) in [5.74, 6) is -0.181. The Kier molecular flexibility index (Phi) is 9.17. The fourth-order valence-electron chi connectivity index (χ4n) is 8.09. The van der Waals surface area contributed by atoms with Crippen LogP contribution >= 0.6 is 0 Å². The number of aryl methyl sites for hydroxylation is 1. The number of carbonyl (C=O) groups is 3. The molecule has 5 aromatic rings. The molecular formula is C39H44N8O6S. The van der Waals surface area contributed by atoms with Crippen LogP contribution in [0.1, 0.15) is 79.7 Å². The monoisotopic (exact) mass is 752 g/mol. The second kappa shape index (κ2) is 13.9. The average Bonchev–Trinajstić information content (AvgIpc) is 3.47. The van der Waals surface area contributed by atoms with Crippen LogP contribution in [0.3, 0.4) is 0 Å². The summed E-state index contributed by atoms with van der Waals surface area (Å²) >= 11 is 0. The van der Waals surface area contributed by atoms with E-state index >= 15 is 0 Å². The summed E-state index contributed by atoms with van der Waals surface area (Å²) in [5.41, 5.74) is 11.4. The molecule has 8 rings (SSSR count). The maximum Gasteiger partial charge on any atom is 0.264 e. The molecule has 3 amide bonds. The minimum absolute atomic E-state index is 0.00659. The van der Waals surface area contributed by atoms with Gasteiger partial charge in [-0.1, -0.05) is 18.2 Å². The Morgan fingerprint density at radius 3 is 2.43 bits per heavy atom. The summed E-state index contributed by atoms with van der Waals surface area (Å²) in [6.07, 6.45) is 4.49. The normalized spacial score (nSPS) is 20.1. The Morgan fingerprint density at radius 1 is 0.981 bits per heavy atom. The van der Waals surface area contributed by atoms with Gasteiger partial charge in [0.1, 0.15) is 17.0 Å². The van der Waals surface area contributed by atoms with E-state index in [0.717, 1.165) is 66.8 Å². The van der Waals surface area contributed by atoms with Gasteiger partial charge in [0, 0.05) is 54.5 Å². The zero-order valence-electron chi connectivity index (χ0n) is 30.5. The first-order valence-corrected chi connectivity index (χ1v) is 20.0. The highest BCUT2D eigenvalue weighted by molar-refractivity contribution is 7.90. The largest absolute Gasteiger partial charge is 0.482 e. The molecule has 54 heavy (non-hydrogen) atoms. The van der Waals surface area contributed by atoms with E-state index in [9.17, 15) is 22.8 Å². The first-order chi connectivity index (χ1) is 25.9. The maximum atomic E-state index is 13.8. The number of aromatic nitrogens is 4. The van der Waals surface area contributed by atoms with Crippen molar-refractivity contribution in [2.45, 2.75) is 94.4 Å². The topological polar surface area (TPSA) is 183 Å². The van der Waals surface area contributed by atoms with Gasteiger partial charge in [0.25, 0.3) is 15.9 Å². The van der Waals surface area contributed by atoms with E-state index in [1.807, 2.05) is 46.1 Å². The summed E-state index contributed by atoms with van der Waals surface area (Å²) in [4.78, 5) is 51.2. The van der Waals surface area contributed by atoms with Crippen molar-refractivity contribution < 1.29 is 27.5 Å². The molecule has 6 heterocycles. The number of hydrogen-bond donors (Lipinski definition) is 3. The van der Waals surface area contributed by atoms with Gasteiger partial charge in [-0.15, -0.1) is 0 Å². The Bertz CT molecular complexity index is 2400. The highest BCUT2D eigenvalue weighted by atomic mass is 32.2. The number of benzene rings is 1. The third-order valence-corrected chi connectivity index (χ3v) is 12.4. The zero-order chi connectivity index (χ0) is 37.9. The van der Waals surface area contributed by atoms with Gasteiger partial charge < -0.3 is 25.3 Å². The third kappa shape index (κ3) is 6.59. The van der Waals surface area contributed by atoms with Crippen LogP contribution in [-0.4, -0.2) is 75.2 Å². The molecule has 0 unspecified atom stereocenters. The van der Waals surface area contributed by atoms with E-state index in [2.05, 4.69) is 16.0 Å². The zero-order valence-corrected chi connectivity index (χ0v) is 31.3. The quantitative estimate of drug-likeness (QED) is 0.168. The molecule has 1 aromatic carbocycles. The van der Waals surface area contributed by atoms with Gasteiger partial charge in [0.05, 0.1) is 35.1 Å². The smallest absolute Gasteiger partial charge is 0.264 e. The molecule has 1 saturated carbocycles. The lowest BCUT2D eigenvalue weighted by atomic mass is 9.97. The third-order valence-electron chi connectivity index (χ3n) is 11.0. The van der Waals surface area contributed by atoms with E-state index in [1.54, 1.807) is 31.4 Å². The molecular weight excluding hydrogens is 709 g/mol. The molecule has 4 N–H and O–H groups in total.